The summed E-state index contributed by atoms with van der Waals surface area (Å²) in [5.74, 6) is 0.669. The maximum atomic E-state index is 12.8. The number of morpholine rings is 1. The minimum atomic E-state index is -3.69. The molecule has 25 heavy (non-hydrogen) atoms. The van der Waals surface area contributed by atoms with Crippen molar-refractivity contribution in [2.75, 3.05) is 45.9 Å². The van der Waals surface area contributed by atoms with E-state index in [1.807, 2.05) is 19.1 Å². The Morgan fingerprint density at radius 2 is 1.68 bits per heavy atom. The molecule has 2 aliphatic heterocycles. The second-order valence-electron chi connectivity index (χ2n) is 6.73. The van der Waals surface area contributed by atoms with Gasteiger partial charge >= 0.3 is 0 Å². The lowest BCUT2D eigenvalue weighted by Crippen LogP contribution is -2.46. The van der Waals surface area contributed by atoms with Gasteiger partial charge in [0.15, 0.2) is 0 Å². The number of rotatable bonds is 4. The number of piperidine rings is 1. The first kappa shape index (κ1) is 18.4. The summed E-state index contributed by atoms with van der Waals surface area (Å²) in [4.78, 5) is 4.63. The zero-order chi connectivity index (χ0) is 17.7. The van der Waals surface area contributed by atoms with Crippen LogP contribution in [0, 0.1) is 6.92 Å². The summed E-state index contributed by atoms with van der Waals surface area (Å²) in [6.07, 6.45) is 3.38. The molecule has 0 radical (unpaired) electrons. The number of likely N-dealkylation sites (tertiary alicyclic amines) is 1. The summed E-state index contributed by atoms with van der Waals surface area (Å²) in [6, 6.07) is 6.89. The summed E-state index contributed by atoms with van der Waals surface area (Å²) >= 11 is 0. The van der Waals surface area contributed by atoms with Gasteiger partial charge in [0.25, 0.3) is 10.0 Å². The standard InChI is InChI=1S/C18H27N3O3S/c1-16-5-7-17(8-6-16)25(22,23)19-18(21-9-3-2-4-10-21)15-20-11-13-24-14-12-20/h5-8H,2-4,9-15H2,1H3/b19-18+. The van der Waals surface area contributed by atoms with Crippen LogP contribution in [0.2, 0.25) is 0 Å². The molecule has 2 aliphatic rings. The number of aryl methyl sites for hydroxylation is 1. The van der Waals surface area contributed by atoms with Gasteiger partial charge in [0, 0.05) is 26.2 Å². The van der Waals surface area contributed by atoms with Gasteiger partial charge in [0.1, 0.15) is 5.84 Å². The van der Waals surface area contributed by atoms with Crippen LogP contribution in [0.5, 0.6) is 0 Å². The summed E-state index contributed by atoms with van der Waals surface area (Å²) < 4.78 is 35.2. The first-order valence-electron chi connectivity index (χ1n) is 9.00. The Morgan fingerprint density at radius 3 is 2.32 bits per heavy atom. The van der Waals surface area contributed by atoms with Gasteiger partial charge in [-0.25, -0.2) is 0 Å². The Bertz CT molecular complexity index is 689. The van der Waals surface area contributed by atoms with Crippen LogP contribution in [0.25, 0.3) is 0 Å². The third kappa shape index (κ3) is 5.03. The Hall–Kier alpha value is -1.44. The van der Waals surface area contributed by atoms with E-state index in [-0.39, 0.29) is 4.90 Å². The second kappa shape index (κ2) is 8.29. The second-order valence-corrected chi connectivity index (χ2v) is 8.34. The molecule has 0 saturated carbocycles. The normalized spacial score (nSPS) is 20.7. The fourth-order valence-electron chi connectivity index (χ4n) is 3.20. The molecule has 2 fully saturated rings. The average molecular weight is 365 g/mol. The molecule has 0 N–H and O–H groups in total. The highest BCUT2D eigenvalue weighted by molar-refractivity contribution is 7.90. The van der Waals surface area contributed by atoms with E-state index in [9.17, 15) is 8.42 Å². The van der Waals surface area contributed by atoms with Gasteiger partial charge in [-0.2, -0.15) is 8.42 Å². The molecule has 0 aliphatic carbocycles. The molecule has 1 aromatic carbocycles. The van der Waals surface area contributed by atoms with Crippen LogP contribution >= 0.6 is 0 Å². The molecule has 0 bridgehead atoms. The van der Waals surface area contributed by atoms with Crippen molar-refractivity contribution in [3.63, 3.8) is 0 Å². The minimum Gasteiger partial charge on any atom is -0.379 e. The van der Waals surface area contributed by atoms with Crippen LogP contribution in [-0.4, -0.2) is 70.0 Å². The van der Waals surface area contributed by atoms with Gasteiger partial charge in [-0.15, -0.1) is 4.40 Å². The van der Waals surface area contributed by atoms with Crippen LogP contribution < -0.4 is 0 Å². The molecule has 1 aromatic rings. The Balaban J connectivity index is 1.85. The van der Waals surface area contributed by atoms with E-state index in [1.165, 1.54) is 6.42 Å². The Labute approximate surface area is 150 Å². The van der Waals surface area contributed by atoms with Crippen molar-refractivity contribution in [3.8, 4) is 0 Å². The average Bonchev–Trinajstić information content (AvgIpc) is 2.63. The van der Waals surface area contributed by atoms with Crippen molar-refractivity contribution in [2.45, 2.75) is 31.1 Å². The quantitative estimate of drug-likeness (QED) is 0.602. The molecule has 7 heteroatoms. The van der Waals surface area contributed by atoms with Crippen molar-refractivity contribution in [3.05, 3.63) is 29.8 Å². The van der Waals surface area contributed by atoms with Crippen LogP contribution in [0.1, 0.15) is 24.8 Å². The van der Waals surface area contributed by atoms with E-state index in [1.54, 1.807) is 12.1 Å². The highest BCUT2D eigenvalue weighted by Gasteiger charge is 2.23. The number of hydrogen-bond acceptors (Lipinski definition) is 4. The highest BCUT2D eigenvalue weighted by atomic mass is 32.2. The molecular formula is C18H27N3O3S. The van der Waals surface area contributed by atoms with Crippen molar-refractivity contribution in [2.24, 2.45) is 4.40 Å². The molecule has 0 amide bonds. The molecule has 0 unspecified atom stereocenters. The summed E-state index contributed by atoms with van der Waals surface area (Å²) in [7, 11) is -3.69. The molecule has 0 aromatic heterocycles. The van der Waals surface area contributed by atoms with Crippen molar-refractivity contribution in [1.82, 2.24) is 9.80 Å². The molecule has 2 saturated heterocycles. The van der Waals surface area contributed by atoms with E-state index in [4.69, 9.17) is 4.74 Å². The number of ether oxygens (including phenoxy) is 1. The maximum absolute atomic E-state index is 12.8. The maximum Gasteiger partial charge on any atom is 0.283 e. The highest BCUT2D eigenvalue weighted by Crippen LogP contribution is 2.17. The smallest absolute Gasteiger partial charge is 0.283 e. The molecule has 3 rings (SSSR count). The van der Waals surface area contributed by atoms with Crippen molar-refractivity contribution >= 4 is 15.9 Å². The van der Waals surface area contributed by atoms with Gasteiger partial charge in [0.2, 0.25) is 0 Å². The van der Waals surface area contributed by atoms with E-state index < -0.39 is 10.0 Å². The Kier molecular flexibility index (Phi) is 6.09. The van der Waals surface area contributed by atoms with Crippen LogP contribution in [0.3, 0.4) is 0 Å². The van der Waals surface area contributed by atoms with Gasteiger partial charge in [-0.3, -0.25) is 4.90 Å². The van der Waals surface area contributed by atoms with Gasteiger partial charge in [-0.05, 0) is 38.3 Å². The topological polar surface area (TPSA) is 62.2 Å². The molecule has 0 atom stereocenters. The molecule has 0 spiro atoms. The third-order valence-electron chi connectivity index (χ3n) is 4.73. The zero-order valence-electron chi connectivity index (χ0n) is 14.9. The van der Waals surface area contributed by atoms with Gasteiger partial charge < -0.3 is 9.64 Å². The largest absolute Gasteiger partial charge is 0.379 e. The molecule has 6 nitrogen and oxygen atoms in total. The lowest BCUT2D eigenvalue weighted by atomic mass is 10.1. The van der Waals surface area contributed by atoms with Gasteiger partial charge in [-0.1, -0.05) is 17.7 Å². The molecule has 138 valence electrons. The SMILES string of the molecule is Cc1ccc(S(=O)(=O)/N=C(\CN2CCOCC2)N2CCCCC2)cc1. The number of amidine groups is 1. The predicted molar refractivity (Wildman–Crippen MR) is 98.5 cm³/mol. The number of sulfonamides is 1. The molecular weight excluding hydrogens is 338 g/mol. The predicted octanol–water partition coefficient (Wildman–Crippen LogP) is 1.90. The fraction of sp³-hybridized carbons (Fsp3) is 0.611. The number of benzene rings is 1. The van der Waals surface area contributed by atoms with Crippen molar-refractivity contribution in [1.29, 1.82) is 0 Å². The van der Waals surface area contributed by atoms with E-state index in [2.05, 4.69) is 14.2 Å². The lowest BCUT2D eigenvalue weighted by molar-refractivity contribution is 0.0440. The Morgan fingerprint density at radius 1 is 1.04 bits per heavy atom. The monoisotopic (exact) mass is 365 g/mol. The minimum absolute atomic E-state index is 0.259. The van der Waals surface area contributed by atoms with E-state index >= 15 is 0 Å². The lowest BCUT2D eigenvalue weighted by Gasteiger charge is -2.34. The number of hydrogen-bond donors (Lipinski definition) is 0. The first-order valence-corrected chi connectivity index (χ1v) is 10.4. The zero-order valence-corrected chi connectivity index (χ0v) is 15.7. The van der Waals surface area contributed by atoms with Crippen LogP contribution in [-0.2, 0) is 14.8 Å². The summed E-state index contributed by atoms with van der Waals surface area (Å²) in [5.41, 5.74) is 1.03. The van der Waals surface area contributed by atoms with Crippen LogP contribution in [0.4, 0.5) is 0 Å². The molecule has 2 heterocycles. The van der Waals surface area contributed by atoms with E-state index in [0.29, 0.717) is 25.6 Å². The number of nitrogens with zero attached hydrogens (tertiary/aromatic N) is 3. The van der Waals surface area contributed by atoms with Crippen molar-refractivity contribution < 1.29 is 13.2 Å². The third-order valence-corrected chi connectivity index (χ3v) is 6.05. The van der Waals surface area contributed by atoms with Crippen LogP contribution in [0.15, 0.2) is 33.6 Å². The fourth-order valence-corrected chi connectivity index (χ4v) is 4.24. The van der Waals surface area contributed by atoms with Gasteiger partial charge in [0.05, 0.1) is 24.7 Å². The first-order chi connectivity index (χ1) is 12.0. The summed E-state index contributed by atoms with van der Waals surface area (Å²) in [6.45, 7) is 7.29. The summed E-state index contributed by atoms with van der Waals surface area (Å²) in [5, 5.41) is 0. The van der Waals surface area contributed by atoms with E-state index in [0.717, 1.165) is 44.6 Å².